The third-order valence-corrected chi connectivity index (χ3v) is 4.67. The highest BCUT2D eigenvalue weighted by Crippen LogP contribution is 2.21. The summed E-state index contributed by atoms with van der Waals surface area (Å²) in [4.78, 5) is 16.2. The molecule has 0 atom stereocenters. The van der Waals surface area contributed by atoms with Crippen LogP contribution in [0.5, 0.6) is 0 Å². The van der Waals surface area contributed by atoms with Gasteiger partial charge in [0.05, 0.1) is 6.42 Å². The summed E-state index contributed by atoms with van der Waals surface area (Å²) in [5, 5.41) is 1.79. The van der Waals surface area contributed by atoms with Gasteiger partial charge in [-0.05, 0) is 35.9 Å². The van der Waals surface area contributed by atoms with E-state index in [1.807, 2.05) is 54.7 Å². The number of thioether (sulfide) groups is 1. The number of H-pyrrole nitrogens is 1. The molecule has 3 aromatic rings. The van der Waals surface area contributed by atoms with Crippen molar-refractivity contribution in [3.63, 3.8) is 0 Å². The van der Waals surface area contributed by atoms with Crippen molar-refractivity contribution in [2.45, 2.75) is 11.3 Å². The molecule has 118 valence electrons. The summed E-state index contributed by atoms with van der Waals surface area (Å²) in [6, 6.07) is 15.6. The Labute approximate surface area is 144 Å². The van der Waals surface area contributed by atoms with Gasteiger partial charge < -0.3 is 9.72 Å². The van der Waals surface area contributed by atoms with Gasteiger partial charge in [0.25, 0.3) is 0 Å². The minimum Gasteiger partial charge on any atom is -0.465 e. The van der Waals surface area contributed by atoms with Gasteiger partial charge in [0, 0.05) is 32.8 Å². The van der Waals surface area contributed by atoms with Crippen molar-refractivity contribution < 1.29 is 9.53 Å². The Balaban J connectivity index is 1.45. The third kappa shape index (κ3) is 4.30. The Morgan fingerprint density at radius 1 is 1.13 bits per heavy atom. The van der Waals surface area contributed by atoms with Gasteiger partial charge >= 0.3 is 5.97 Å². The first-order valence-electron chi connectivity index (χ1n) is 7.31. The molecule has 0 aliphatic carbocycles. The standard InChI is InChI=1S/C18H16ClNO2S/c19-14-5-7-15(8-6-14)23-10-9-22-18(21)11-13-12-20-17-4-2-1-3-16(13)17/h1-8,12,20H,9-11H2. The topological polar surface area (TPSA) is 42.1 Å². The average molecular weight is 346 g/mol. The maximum atomic E-state index is 11.9. The number of carbonyl (C=O) groups is 1. The molecule has 0 aliphatic rings. The molecule has 1 N–H and O–H groups in total. The minimum atomic E-state index is -0.202. The van der Waals surface area contributed by atoms with Crippen LogP contribution >= 0.6 is 23.4 Å². The molecule has 0 aliphatic heterocycles. The van der Waals surface area contributed by atoms with Gasteiger partial charge in [-0.3, -0.25) is 4.79 Å². The van der Waals surface area contributed by atoms with Gasteiger partial charge in [0.1, 0.15) is 6.61 Å². The molecular weight excluding hydrogens is 330 g/mol. The van der Waals surface area contributed by atoms with Crippen LogP contribution in [0.25, 0.3) is 10.9 Å². The molecule has 0 saturated carbocycles. The summed E-state index contributed by atoms with van der Waals surface area (Å²) in [6.07, 6.45) is 2.16. The normalized spacial score (nSPS) is 10.8. The first kappa shape index (κ1) is 16.0. The SMILES string of the molecule is O=C(Cc1c[nH]c2ccccc12)OCCSc1ccc(Cl)cc1. The van der Waals surface area contributed by atoms with Crippen molar-refractivity contribution in [2.75, 3.05) is 12.4 Å². The lowest BCUT2D eigenvalue weighted by atomic mass is 10.1. The van der Waals surface area contributed by atoms with E-state index in [4.69, 9.17) is 16.3 Å². The zero-order valence-electron chi connectivity index (χ0n) is 12.4. The number of esters is 1. The number of rotatable bonds is 6. The maximum Gasteiger partial charge on any atom is 0.310 e. The summed E-state index contributed by atoms with van der Waals surface area (Å²) in [6.45, 7) is 0.397. The molecule has 1 heterocycles. The van der Waals surface area contributed by atoms with E-state index in [0.717, 1.165) is 32.1 Å². The van der Waals surface area contributed by atoms with E-state index >= 15 is 0 Å². The zero-order chi connectivity index (χ0) is 16.1. The van der Waals surface area contributed by atoms with E-state index in [0.29, 0.717) is 6.61 Å². The Bertz CT molecular complexity index is 798. The number of aromatic nitrogens is 1. The summed E-state index contributed by atoms with van der Waals surface area (Å²) >= 11 is 7.48. The number of para-hydroxylation sites is 1. The largest absolute Gasteiger partial charge is 0.465 e. The van der Waals surface area contributed by atoms with Crippen molar-refractivity contribution in [1.82, 2.24) is 4.98 Å². The molecule has 2 aromatic carbocycles. The zero-order valence-corrected chi connectivity index (χ0v) is 14.0. The molecule has 0 unspecified atom stereocenters. The van der Waals surface area contributed by atoms with Crippen molar-refractivity contribution in [2.24, 2.45) is 0 Å². The summed E-state index contributed by atoms with van der Waals surface area (Å²) in [5.41, 5.74) is 2.00. The third-order valence-electron chi connectivity index (χ3n) is 3.44. The van der Waals surface area contributed by atoms with Gasteiger partial charge in [-0.2, -0.15) is 0 Å². The van der Waals surface area contributed by atoms with E-state index in [1.165, 1.54) is 0 Å². The Morgan fingerprint density at radius 3 is 2.74 bits per heavy atom. The molecule has 1 aromatic heterocycles. The van der Waals surface area contributed by atoms with Crippen molar-refractivity contribution in [3.05, 3.63) is 65.3 Å². The Hall–Kier alpha value is -1.91. The number of halogens is 1. The van der Waals surface area contributed by atoms with Crippen LogP contribution < -0.4 is 0 Å². The fourth-order valence-corrected chi connectivity index (χ4v) is 3.19. The Morgan fingerprint density at radius 2 is 1.91 bits per heavy atom. The van der Waals surface area contributed by atoms with Gasteiger partial charge in [-0.1, -0.05) is 29.8 Å². The molecular formula is C18H16ClNO2S. The average Bonchev–Trinajstić information content (AvgIpc) is 2.96. The van der Waals surface area contributed by atoms with Gasteiger partial charge in [-0.15, -0.1) is 11.8 Å². The molecule has 0 spiro atoms. The molecule has 3 rings (SSSR count). The van der Waals surface area contributed by atoms with Crippen molar-refractivity contribution >= 4 is 40.2 Å². The second-order valence-corrected chi connectivity index (χ2v) is 6.66. The molecule has 0 bridgehead atoms. The quantitative estimate of drug-likeness (QED) is 0.400. The smallest absolute Gasteiger partial charge is 0.310 e. The number of carbonyl (C=O) groups excluding carboxylic acids is 1. The van der Waals surface area contributed by atoms with Crippen LogP contribution in [-0.4, -0.2) is 23.3 Å². The predicted octanol–water partition coefficient (Wildman–Crippen LogP) is 4.70. The van der Waals surface area contributed by atoms with Crippen LogP contribution in [0.2, 0.25) is 5.02 Å². The van der Waals surface area contributed by atoms with E-state index in [2.05, 4.69) is 4.98 Å². The predicted molar refractivity (Wildman–Crippen MR) is 95.1 cm³/mol. The lowest BCUT2D eigenvalue weighted by molar-refractivity contribution is -0.142. The maximum absolute atomic E-state index is 11.9. The van der Waals surface area contributed by atoms with E-state index in [-0.39, 0.29) is 12.4 Å². The van der Waals surface area contributed by atoms with E-state index in [9.17, 15) is 4.79 Å². The molecule has 3 nitrogen and oxygen atoms in total. The molecule has 0 amide bonds. The minimum absolute atomic E-state index is 0.202. The fourth-order valence-electron chi connectivity index (χ4n) is 2.33. The first-order chi connectivity index (χ1) is 11.2. The fraction of sp³-hybridized carbons (Fsp3) is 0.167. The molecule has 5 heteroatoms. The number of benzene rings is 2. The number of fused-ring (bicyclic) bond motifs is 1. The van der Waals surface area contributed by atoms with Crippen LogP contribution in [0.4, 0.5) is 0 Å². The lowest BCUT2D eigenvalue weighted by Gasteiger charge is -2.05. The second kappa shape index (κ2) is 7.57. The molecule has 0 saturated heterocycles. The monoisotopic (exact) mass is 345 g/mol. The number of aromatic amines is 1. The van der Waals surface area contributed by atoms with Crippen LogP contribution in [0.3, 0.4) is 0 Å². The summed E-state index contributed by atoms with van der Waals surface area (Å²) in [7, 11) is 0. The Kier molecular flexibility index (Phi) is 5.26. The van der Waals surface area contributed by atoms with Gasteiger partial charge in [0.15, 0.2) is 0 Å². The van der Waals surface area contributed by atoms with Crippen molar-refractivity contribution in [3.8, 4) is 0 Å². The molecule has 23 heavy (non-hydrogen) atoms. The van der Waals surface area contributed by atoms with E-state index in [1.54, 1.807) is 11.8 Å². The number of hydrogen-bond acceptors (Lipinski definition) is 3. The van der Waals surface area contributed by atoms with Crippen LogP contribution in [-0.2, 0) is 16.0 Å². The lowest BCUT2D eigenvalue weighted by Crippen LogP contribution is -2.10. The van der Waals surface area contributed by atoms with Crippen molar-refractivity contribution in [1.29, 1.82) is 0 Å². The summed E-state index contributed by atoms with van der Waals surface area (Å²) in [5.74, 6) is 0.521. The highest BCUT2D eigenvalue weighted by Gasteiger charge is 2.09. The number of ether oxygens (including phenoxy) is 1. The molecule has 0 fully saturated rings. The van der Waals surface area contributed by atoms with Gasteiger partial charge in [0.2, 0.25) is 0 Å². The second-order valence-electron chi connectivity index (χ2n) is 5.06. The highest BCUT2D eigenvalue weighted by molar-refractivity contribution is 7.99. The number of hydrogen-bond donors (Lipinski definition) is 1. The molecule has 0 radical (unpaired) electrons. The van der Waals surface area contributed by atoms with Crippen LogP contribution in [0.1, 0.15) is 5.56 Å². The van der Waals surface area contributed by atoms with E-state index < -0.39 is 0 Å². The highest BCUT2D eigenvalue weighted by atomic mass is 35.5. The first-order valence-corrected chi connectivity index (χ1v) is 8.68. The van der Waals surface area contributed by atoms with Crippen LogP contribution in [0.15, 0.2) is 59.6 Å². The van der Waals surface area contributed by atoms with Crippen LogP contribution in [0, 0.1) is 0 Å². The van der Waals surface area contributed by atoms with Gasteiger partial charge in [-0.25, -0.2) is 0 Å². The number of nitrogens with one attached hydrogen (secondary N) is 1. The summed E-state index contributed by atoms with van der Waals surface area (Å²) < 4.78 is 5.31.